The predicted molar refractivity (Wildman–Crippen MR) is 256 cm³/mol. The molecule has 1 heterocycles. The molecule has 0 aliphatic heterocycles. The smallest absolute Gasteiger partial charge is 0.0547 e. The molecule has 61 heavy (non-hydrogen) atoms. The van der Waals surface area contributed by atoms with Crippen molar-refractivity contribution in [3.05, 3.63) is 230 Å². The minimum absolute atomic E-state index is 0.156. The third kappa shape index (κ3) is 5.85. The van der Waals surface area contributed by atoms with E-state index in [0.717, 1.165) is 17.1 Å². The molecule has 0 bridgehead atoms. The molecule has 2 heteroatoms. The van der Waals surface area contributed by atoms with Crippen LogP contribution in [0.25, 0.3) is 72.0 Å². The fourth-order valence-electron chi connectivity index (χ4n) is 10.6. The highest BCUT2D eigenvalue weighted by molar-refractivity contribution is 6.10. The van der Waals surface area contributed by atoms with E-state index in [1.54, 1.807) is 0 Å². The Morgan fingerprint density at radius 1 is 0.344 bits per heavy atom. The van der Waals surface area contributed by atoms with Gasteiger partial charge in [0.1, 0.15) is 0 Å². The molecular formula is C59H44N2. The molecule has 0 amide bonds. The van der Waals surface area contributed by atoms with E-state index < -0.39 is 0 Å². The molecule has 290 valence electrons. The molecule has 10 aromatic rings. The Labute approximate surface area is 357 Å². The summed E-state index contributed by atoms with van der Waals surface area (Å²) >= 11 is 0. The topological polar surface area (TPSA) is 8.17 Å². The zero-order valence-corrected chi connectivity index (χ0v) is 34.0. The Hall–Kier alpha value is -7.42. The van der Waals surface area contributed by atoms with Gasteiger partial charge in [-0.15, -0.1) is 0 Å². The second kappa shape index (κ2) is 14.4. The number of aromatic nitrogens is 1. The van der Waals surface area contributed by atoms with Gasteiger partial charge in [-0.1, -0.05) is 165 Å². The first-order chi connectivity index (χ1) is 30.2. The largest absolute Gasteiger partial charge is 0.311 e. The van der Waals surface area contributed by atoms with Gasteiger partial charge in [-0.2, -0.15) is 0 Å². The summed E-state index contributed by atoms with van der Waals surface area (Å²) in [5.41, 5.74) is 20.3. The molecular weight excluding hydrogens is 737 g/mol. The van der Waals surface area contributed by atoms with Gasteiger partial charge in [0.2, 0.25) is 0 Å². The normalized spacial score (nSPS) is 13.8. The number of nitrogens with zero attached hydrogens (tertiary/aromatic N) is 2. The Morgan fingerprint density at radius 3 is 1.49 bits per heavy atom. The van der Waals surface area contributed by atoms with Gasteiger partial charge in [0.05, 0.1) is 11.0 Å². The van der Waals surface area contributed by atoms with Crippen LogP contribution in [0.4, 0.5) is 17.1 Å². The van der Waals surface area contributed by atoms with E-state index in [2.05, 4.69) is 228 Å². The summed E-state index contributed by atoms with van der Waals surface area (Å²) in [6, 6.07) is 80.5. The molecule has 1 fully saturated rings. The van der Waals surface area contributed by atoms with Crippen LogP contribution in [0.5, 0.6) is 0 Å². The fourth-order valence-corrected chi connectivity index (χ4v) is 10.6. The van der Waals surface area contributed by atoms with Crippen LogP contribution in [0.15, 0.2) is 218 Å². The maximum absolute atomic E-state index is 2.51. The number of hydrogen-bond donors (Lipinski definition) is 0. The quantitative estimate of drug-likeness (QED) is 0.156. The lowest BCUT2D eigenvalue weighted by Crippen LogP contribution is -2.20. The van der Waals surface area contributed by atoms with E-state index in [4.69, 9.17) is 0 Å². The van der Waals surface area contributed by atoms with Crippen molar-refractivity contribution in [1.82, 2.24) is 4.57 Å². The molecule has 1 saturated carbocycles. The van der Waals surface area contributed by atoms with Crippen molar-refractivity contribution in [2.24, 2.45) is 0 Å². The van der Waals surface area contributed by atoms with Crippen molar-refractivity contribution in [3.8, 4) is 50.2 Å². The van der Waals surface area contributed by atoms with E-state index in [9.17, 15) is 0 Å². The number of anilines is 3. The average molecular weight is 781 g/mol. The summed E-state index contributed by atoms with van der Waals surface area (Å²) in [5, 5.41) is 2.53. The van der Waals surface area contributed by atoms with E-state index in [-0.39, 0.29) is 5.41 Å². The summed E-state index contributed by atoms with van der Waals surface area (Å²) in [6.45, 7) is 0. The van der Waals surface area contributed by atoms with Gasteiger partial charge in [0.15, 0.2) is 0 Å². The van der Waals surface area contributed by atoms with Crippen molar-refractivity contribution < 1.29 is 0 Å². The Kier molecular flexibility index (Phi) is 8.38. The SMILES string of the molecule is c1ccc(-c2ccc(N(c3ccc(-c4ccc5c(c4)C4(CCCC4)c4ccccc4-5)cc3)c3ccc(-c4ccc5c6ccccc6n(-c6ccccc6)c5c4)cc3)cc2)cc1. The van der Waals surface area contributed by atoms with Crippen LogP contribution in [-0.2, 0) is 5.41 Å². The molecule has 12 rings (SSSR count). The molecule has 2 nitrogen and oxygen atoms in total. The van der Waals surface area contributed by atoms with Gasteiger partial charge in [0.25, 0.3) is 0 Å². The van der Waals surface area contributed by atoms with Gasteiger partial charge in [-0.05, 0) is 135 Å². The molecule has 0 unspecified atom stereocenters. The highest BCUT2D eigenvalue weighted by atomic mass is 15.1. The van der Waals surface area contributed by atoms with Crippen LogP contribution in [-0.4, -0.2) is 4.57 Å². The molecule has 2 aliphatic rings. The monoisotopic (exact) mass is 780 g/mol. The number of para-hydroxylation sites is 2. The van der Waals surface area contributed by atoms with Crippen LogP contribution < -0.4 is 4.90 Å². The minimum atomic E-state index is 0.156. The lowest BCUT2D eigenvalue weighted by molar-refractivity contribution is 0.550. The maximum atomic E-state index is 2.51. The molecule has 0 radical (unpaired) electrons. The molecule has 1 spiro atoms. The Bertz CT molecular complexity index is 3210. The van der Waals surface area contributed by atoms with Crippen molar-refractivity contribution >= 4 is 38.9 Å². The van der Waals surface area contributed by atoms with E-state index >= 15 is 0 Å². The van der Waals surface area contributed by atoms with Crippen molar-refractivity contribution in [3.63, 3.8) is 0 Å². The second-order valence-electron chi connectivity index (χ2n) is 16.9. The molecule has 1 aromatic heterocycles. The first-order valence-electron chi connectivity index (χ1n) is 21.7. The first kappa shape index (κ1) is 35.5. The number of rotatable bonds is 7. The van der Waals surface area contributed by atoms with Crippen LogP contribution in [0.1, 0.15) is 36.8 Å². The summed E-state index contributed by atoms with van der Waals surface area (Å²) in [5.74, 6) is 0. The molecule has 0 atom stereocenters. The molecule has 0 saturated heterocycles. The minimum Gasteiger partial charge on any atom is -0.311 e. The van der Waals surface area contributed by atoms with E-state index in [1.165, 1.54) is 109 Å². The summed E-state index contributed by atoms with van der Waals surface area (Å²) in [6.07, 6.45) is 5.07. The summed E-state index contributed by atoms with van der Waals surface area (Å²) < 4.78 is 2.39. The van der Waals surface area contributed by atoms with E-state index in [1.807, 2.05) is 0 Å². The van der Waals surface area contributed by atoms with Gasteiger partial charge >= 0.3 is 0 Å². The third-order valence-electron chi connectivity index (χ3n) is 13.6. The van der Waals surface area contributed by atoms with Gasteiger partial charge in [0, 0.05) is 38.9 Å². The van der Waals surface area contributed by atoms with Gasteiger partial charge in [-0.25, -0.2) is 0 Å². The molecule has 2 aliphatic carbocycles. The van der Waals surface area contributed by atoms with Crippen molar-refractivity contribution in [1.29, 1.82) is 0 Å². The Balaban J connectivity index is 0.917. The van der Waals surface area contributed by atoms with Gasteiger partial charge < -0.3 is 9.47 Å². The summed E-state index contributed by atoms with van der Waals surface area (Å²) in [7, 11) is 0. The fraction of sp³-hybridized carbons (Fsp3) is 0.0847. The maximum Gasteiger partial charge on any atom is 0.0547 e. The second-order valence-corrected chi connectivity index (χ2v) is 16.9. The number of hydrogen-bond acceptors (Lipinski definition) is 1. The zero-order valence-electron chi connectivity index (χ0n) is 34.0. The summed E-state index contributed by atoms with van der Waals surface area (Å²) in [4.78, 5) is 2.38. The standard InChI is InChI=1S/C59H44N2/c1-3-13-41(14-4-1)42-21-29-48(30-22-42)60(49-31-23-43(24-32-49)45-27-35-52-51-17-7-9-19-55(51)59(56(52)39-45)37-11-12-38-59)50-33-25-44(26-34-50)46-28-36-54-53-18-8-10-20-57(53)61(58(54)40-46)47-15-5-2-6-16-47/h1-10,13-36,39-40H,11-12,37-38H2. The third-order valence-corrected chi connectivity index (χ3v) is 13.6. The van der Waals surface area contributed by atoms with Crippen LogP contribution in [0.3, 0.4) is 0 Å². The predicted octanol–water partition coefficient (Wildman–Crippen LogP) is 16.1. The molecule has 0 N–H and O–H groups in total. The lowest BCUT2D eigenvalue weighted by atomic mass is 9.76. The Morgan fingerprint density at radius 2 is 0.820 bits per heavy atom. The van der Waals surface area contributed by atoms with Crippen LogP contribution >= 0.6 is 0 Å². The molecule has 9 aromatic carbocycles. The number of benzene rings is 9. The number of fused-ring (bicyclic) bond motifs is 8. The van der Waals surface area contributed by atoms with Crippen LogP contribution in [0.2, 0.25) is 0 Å². The highest BCUT2D eigenvalue weighted by Gasteiger charge is 2.44. The lowest BCUT2D eigenvalue weighted by Gasteiger charge is -2.27. The van der Waals surface area contributed by atoms with Crippen LogP contribution in [0, 0.1) is 0 Å². The van der Waals surface area contributed by atoms with Gasteiger partial charge in [-0.3, -0.25) is 0 Å². The highest BCUT2D eigenvalue weighted by Crippen LogP contribution is 2.57. The van der Waals surface area contributed by atoms with Crippen molar-refractivity contribution in [2.45, 2.75) is 31.1 Å². The zero-order chi connectivity index (χ0) is 40.3. The average Bonchev–Trinajstić information content (AvgIpc) is 4.04. The van der Waals surface area contributed by atoms with Crippen molar-refractivity contribution in [2.75, 3.05) is 4.90 Å². The van der Waals surface area contributed by atoms with E-state index in [0.29, 0.717) is 0 Å². The first-order valence-corrected chi connectivity index (χ1v) is 21.7.